The first-order valence-corrected chi connectivity index (χ1v) is 7.74. The Morgan fingerprint density at radius 2 is 2.04 bits per heavy atom. The summed E-state index contributed by atoms with van der Waals surface area (Å²) in [7, 11) is 0. The van der Waals surface area contributed by atoms with Crippen molar-refractivity contribution in [2.75, 3.05) is 6.61 Å². The summed E-state index contributed by atoms with van der Waals surface area (Å²) >= 11 is 0. The molecule has 1 aliphatic rings. The van der Waals surface area contributed by atoms with Gasteiger partial charge >= 0.3 is 5.69 Å². The van der Waals surface area contributed by atoms with Crippen molar-refractivity contribution < 1.29 is 9.84 Å². The van der Waals surface area contributed by atoms with E-state index in [-0.39, 0.29) is 18.7 Å². The van der Waals surface area contributed by atoms with Gasteiger partial charge in [0.1, 0.15) is 30.1 Å². The van der Waals surface area contributed by atoms with Gasteiger partial charge in [-0.1, -0.05) is 18.2 Å². The summed E-state index contributed by atoms with van der Waals surface area (Å²) in [4.78, 5) is 24.8. The zero-order valence-electron chi connectivity index (χ0n) is 13.0. The molecule has 1 aromatic heterocycles. The number of ether oxygens (including phenoxy) is 1. The van der Waals surface area contributed by atoms with Gasteiger partial charge in [0.2, 0.25) is 0 Å². The monoisotopic (exact) mass is 327 g/mol. The molecule has 1 atom stereocenters. The van der Waals surface area contributed by atoms with E-state index in [1.54, 1.807) is 24.3 Å². The number of fused-ring (bicyclic) bond motifs is 1. The lowest BCUT2D eigenvalue weighted by atomic mass is 10.2. The van der Waals surface area contributed by atoms with E-state index < -0.39 is 17.4 Å². The van der Waals surface area contributed by atoms with E-state index in [0.717, 1.165) is 11.0 Å². The average molecular weight is 327 g/mol. The van der Waals surface area contributed by atoms with Crippen LogP contribution in [0.5, 0.6) is 5.75 Å². The van der Waals surface area contributed by atoms with Crippen LogP contribution < -0.4 is 16.0 Å². The van der Waals surface area contributed by atoms with Gasteiger partial charge in [0.15, 0.2) is 0 Å². The number of rotatable bonds is 5. The third-order valence-corrected chi connectivity index (χ3v) is 4.02. The standard InChI is InChI=1S/C17H17N3O4/c18-9-14-15-7-4-8-19(15)17(23)20(16(14)22)10-12(21)11-24-13-5-2-1-3-6-13/h1-3,5-6,12,21H,4,7-8,10-11H2/t12-/m0/s1. The van der Waals surface area contributed by atoms with Crippen LogP contribution >= 0.6 is 0 Å². The van der Waals surface area contributed by atoms with Crippen molar-refractivity contribution in [2.24, 2.45) is 0 Å². The quantitative estimate of drug-likeness (QED) is 0.850. The number of hydrogen-bond acceptors (Lipinski definition) is 5. The van der Waals surface area contributed by atoms with Crippen LogP contribution in [0.4, 0.5) is 0 Å². The molecule has 0 unspecified atom stereocenters. The fraction of sp³-hybridized carbons (Fsp3) is 0.353. The minimum Gasteiger partial charge on any atom is -0.491 e. The number of para-hydroxylation sites is 1. The summed E-state index contributed by atoms with van der Waals surface area (Å²) in [6.45, 7) is 0.221. The Morgan fingerprint density at radius 1 is 1.29 bits per heavy atom. The van der Waals surface area contributed by atoms with Crippen LogP contribution in [-0.4, -0.2) is 27.0 Å². The minimum atomic E-state index is -1.04. The molecule has 124 valence electrons. The molecule has 2 heterocycles. The number of aliphatic hydroxyl groups excluding tert-OH is 1. The van der Waals surface area contributed by atoms with Crippen LogP contribution in [0.15, 0.2) is 39.9 Å². The third kappa shape index (κ3) is 2.96. The highest BCUT2D eigenvalue weighted by atomic mass is 16.5. The summed E-state index contributed by atoms with van der Waals surface area (Å²) in [5, 5.41) is 19.3. The van der Waals surface area contributed by atoms with Crippen molar-refractivity contribution in [1.82, 2.24) is 9.13 Å². The van der Waals surface area contributed by atoms with Crippen molar-refractivity contribution in [3.05, 3.63) is 62.4 Å². The Bertz CT molecular complexity index is 893. The van der Waals surface area contributed by atoms with Gasteiger partial charge in [0.05, 0.1) is 6.54 Å². The molecule has 1 aliphatic heterocycles. The van der Waals surface area contributed by atoms with E-state index in [0.29, 0.717) is 24.4 Å². The predicted octanol–water partition coefficient (Wildman–Crippen LogP) is 0.268. The lowest BCUT2D eigenvalue weighted by Crippen LogP contribution is -2.44. The highest BCUT2D eigenvalue weighted by molar-refractivity contribution is 5.32. The maximum atomic E-state index is 12.4. The molecule has 0 fully saturated rings. The molecule has 0 spiro atoms. The van der Waals surface area contributed by atoms with Gasteiger partial charge in [-0.25, -0.2) is 4.79 Å². The van der Waals surface area contributed by atoms with Gasteiger partial charge in [0.25, 0.3) is 5.56 Å². The zero-order valence-corrected chi connectivity index (χ0v) is 13.0. The summed E-state index contributed by atoms with van der Waals surface area (Å²) in [6, 6.07) is 10.8. The van der Waals surface area contributed by atoms with Gasteiger partial charge < -0.3 is 9.84 Å². The molecule has 3 rings (SSSR count). The third-order valence-electron chi connectivity index (χ3n) is 4.02. The van der Waals surface area contributed by atoms with E-state index >= 15 is 0 Å². The van der Waals surface area contributed by atoms with Gasteiger partial charge in [-0.2, -0.15) is 5.26 Å². The molecule has 1 N–H and O–H groups in total. The molecule has 2 aromatic rings. The van der Waals surface area contributed by atoms with Crippen molar-refractivity contribution in [2.45, 2.75) is 32.0 Å². The second-order valence-electron chi connectivity index (χ2n) is 5.66. The molecule has 7 heteroatoms. The first-order valence-electron chi connectivity index (χ1n) is 7.74. The van der Waals surface area contributed by atoms with Crippen LogP contribution in [0, 0.1) is 11.3 Å². The summed E-state index contributed by atoms with van der Waals surface area (Å²) in [5.41, 5.74) is -0.637. The number of hydrogen-bond donors (Lipinski definition) is 1. The van der Waals surface area contributed by atoms with Crippen LogP contribution in [-0.2, 0) is 19.5 Å². The predicted molar refractivity (Wildman–Crippen MR) is 85.9 cm³/mol. The molecule has 1 aromatic carbocycles. The molecular weight excluding hydrogens is 310 g/mol. The van der Waals surface area contributed by atoms with Crippen LogP contribution in [0.1, 0.15) is 17.7 Å². The molecule has 0 amide bonds. The second-order valence-corrected chi connectivity index (χ2v) is 5.66. The lowest BCUT2D eigenvalue weighted by molar-refractivity contribution is 0.0899. The Morgan fingerprint density at radius 3 is 2.75 bits per heavy atom. The van der Waals surface area contributed by atoms with Crippen LogP contribution in [0.3, 0.4) is 0 Å². The average Bonchev–Trinajstić information content (AvgIpc) is 3.08. The van der Waals surface area contributed by atoms with E-state index in [4.69, 9.17) is 4.74 Å². The van der Waals surface area contributed by atoms with Crippen molar-refractivity contribution in [1.29, 1.82) is 5.26 Å². The molecule has 0 bridgehead atoms. The molecule has 0 aliphatic carbocycles. The van der Waals surface area contributed by atoms with E-state index in [9.17, 15) is 20.0 Å². The largest absolute Gasteiger partial charge is 0.491 e. The fourth-order valence-electron chi connectivity index (χ4n) is 2.88. The second kappa shape index (κ2) is 6.72. The number of aliphatic hydroxyl groups is 1. The topological polar surface area (TPSA) is 97.2 Å². The van der Waals surface area contributed by atoms with Gasteiger partial charge in [0, 0.05) is 12.2 Å². The first-order chi connectivity index (χ1) is 11.6. The van der Waals surface area contributed by atoms with Crippen molar-refractivity contribution in [3.8, 4) is 11.8 Å². The Balaban J connectivity index is 1.82. The van der Waals surface area contributed by atoms with Crippen LogP contribution in [0.25, 0.3) is 0 Å². The van der Waals surface area contributed by atoms with E-state index in [1.165, 1.54) is 4.57 Å². The number of nitrogens with zero attached hydrogens (tertiary/aromatic N) is 3. The molecule has 0 saturated carbocycles. The Hall–Kier alpha value is -2.85. The lowest BCUT2D eigenvalue weighted by Gasteiger charge is -2.15. The molecule has 0 radical (unpaired) electrons. The summed E-state index contributed by atoms with van der Waals surface area (Å²) in [6.07, 6.45) is 0.239. The smallest absolute Gasteiger partial charge is 0.331 e. The number of benzene rings is 1. The first kappa shape index (κ1) is 16.0. The van der Waals surface area contributed by atoms with Gasteiger partial charge in [-0.15, -0.1) is 0 Å². The minimum absolute atomic E-state index is 0.0109. The molecule has 7 nitrogen and oxygen atoms in total. The zero-order chi connectivity index (χ0) is 17.1. The SMILES string of the molecule is N#Cc1c2n(c(=O)n(C[C@H](O)COc3ccccc3)c1=O)CCC2. The Kier molecular flexibility index (Phi) is 4.49. The van der Waals surface area contributed by atoms with E-state index in [2.05, 4.69) is 0 Å². The van der Waals surface area contributed by atoms with Crippen LogP contribution in [0.2, 0.25) is 0 Å². The number of aromatic nitrogens is 2. The maximum Gasteiger partial charge on any atom is 0.331 e. The van der Waals surface area contributed by atoms with Gasteiger partial charge in [-0.05, 0) is 25.0 Å². The molecular formula is C17H17N3O4. The van der Waals surface area contributed by atoms with E-state index in [1.807, 2.05) is 12.1 Å². The fourth-order valence-corrected chi connectivity index (χ4v) is 2.88. The highest BCUT2D eigenvalue weighted by Crippen LogP contribution is 2.13. The van der Waals surface area contributed by atoms with Crippen molar-refractivity contribution in [3.63, 3.8) is 0 Å². The summed E-state index contributed by atoms with van der Waals surface area (Å²) < 4.78 is 7.80. The van der Waals surface area contributed by atoms with Crippen molar-refractivity contribution >= 4 is 0 Å². The molecule has 24 heavy (non-hydrogen) atoms. The summed E-state index contributed by atoms with van der Waals surface area (Å²) in [5.74, 6) is 0.590. The number of nitriles is 1. The Labute approximate surface area is 138 Å². The normalized spacial score (nSPS) is 14.0. The highest BCUT2D eigenvalue weighted by Gasteiger charge is 2.23. The van der Waals surface area contributed by atoms with Gasteiger partial charge in [-0.3, -0.25) is 13.9 Å². The molecule has 0 saturated heterocycles. The maximum absolute atomic E-state index is 12.4.